The van der Waals surface area contributed by atoms with Gasteiger partial charge in [-0.2, -0.15) is 0 Å². The van der Waals surface area contributed by atoms with Crippen LogP contribution < -0.4 is 0 Å². The predicted molar refractivity (Wildman–Crippen MR) is 70.9 cm³/mol. The number of aromatic nitrogens is 1. The molecule has 0 saturated carbocycles. The molecule has 0 aliphatic carbocycles. The van der Waals surface area contributed by atoms with Crippen LogP contribution in [0.4, 0.5) is 0 Å². The van der Waals surface area contributed by atoms with Crippen molar-refractivity contribution >= 4 is 12.3 Å². The first kappa shape index (κ1) is 15.7. The summed E-state index contributed by atoms with van der Waals surface area (Å²) in [5, 5.41) is 3.62. The lowest BCUT2D eigenvalue weighted by Gasteiger charge is -2.41. The number of ether oxygens (including phenoxy) is 3. The van der Waals surface area contributed by atoms with Crippen LogP contribution in [0.25, 0.3) is 0 Å². The Morgan fingerprint density at radius 1 is 1.33 bits per heavy atom. The average molecular weight is 297 g/mol. The van der Waals surface area contributed by atoms with Gasteiger partial charge in [0.05, 0.1) is 25.4 Å². The van der Waals surface area contributed by atoms with Crippen LogP contribution in [-0.4, -0.2) is 37.2 Å². The van der Waals surface area contributed by atoms with Gasteiger partial charge in [-0.05, 0) is 13.8 Å². The minimum absolute atomic E-state index is 0.0962. The Morgan fingerprint density at radius 2 is 1.95 bits per heavy atom. The first-order chi connectivity index (χ1) is 9.83. The molecule has 0 radical (unpaired) electrons. The summed E-state index contributed by atoms with van der Waals surface area (Å²) in [6, 6.07) is 0. The molecule has 1 aromatic rings. The highest BCUT2D eigenvalue weighted by Crippen LogP contribution is 2.39. The minimum atomic E-state index is -1.27. The van der Waals surface area contributed by atoms with E-state index in [1.165, 1.54) is 0 Å². The fourth-order valence-corrected chi connectivity index (χ4v) is 2.05. The molecule has 0 spiro atoms. The second-order valence-electron chi connectivity index (χ2n) is 5.80. The molecule has 0 amide bonds. The second kappa shape index (κ2) is 5.57. The summed E-state index contributed by atoms with van der Waals surface area (Å²) in [5.74, 6) is -2.05. The molecule has 7 nitrogen and oxygen atoms in total. The van der Waals surface area contributed by atoms with E-state index in [4.69, 9.17) is 18.7 Å². The Hall–Kier alpha value is -1.73. The van der Waals surface area contributed by atoms with Crippen LogP contribution in [0.15, 0.2) is 4.52 Å². The first-order valence-electron chi connectivity index (χ1n) is 6.73. The van der Waals surface area contributed by atoms with E-state index in [-0.39, 0.29) is 29.0 Å². The Morgan fingerprint density at radius 3 is 2.48 bits per heavy atom. The third-order valence-corrected chi connectivity index (χ3v) is 3.23. The van der Waals surface area contributed by atoms with Crippen molar-refractivity contribution in [2.24, 2.45) is 5.41 Å². The summed E-state index contributed by atoms with van der Waals surface area (Å²) in [6.07, 6.45) is 0.475. The maximum Gasteiger partial charge on any atom is 0.361 e. The third kappa shape index (κ3) is 2.98. The van der Waals surface area contributed by atoms with Gasteiger partial charge in [-0.25, -0.2) is 4.79 Å². The topological polar surface area (TPSA) is 87.9 Å². The molecular formula is C14H19NO6. The van der Waals surface area contributed by atoms with E-state index in [1.807, 2.05) is 13.8 Å². The normalized spacial score (nSPS) is 20.0. The van der Waals surface area contributed by atoms with E-state index in [1.54, 1.807) is 13.8 Å². The molecule has 1 aliphatic rings. The summed E-state index contributed by atoms with van der Waals surface area (Å²) in [4.78, 5) is 23.1. The molecular weight excluding hydrogens is 278 g/mol. The van der Waals surface area contributed by atoms with Crippen molar-refractivity contribution in [1.29, 1.82) is 0 Å². The van der Waals surface area contributed by atoms with E-state index in [0.717, 1.165) is 0 Å². The molecule has 0 unspecified atom stereocenters. The number of carbonyl (C=O) groups excluding carboxylic acids is 2. The Balaban J connectivity index is 2.40. The smallest absolute Gasteiger partial charge is 0.361 e. The van der Waals surface area contributed by atoms with Crippen molar-refractivity contribution < 1.29 is 28.3 Å². The van der Waals surface area contributed by atoms with Crippen LogP contribution in [0.5, 0.6) is 0 Å². The standard InChI is InChI=1S/C14H19NO6/c1-5-18-12(17)11-10(9(6-16)21-15-11)14(4)19-7-13(2,3)8-20-14/h6H,5,7-8H2,1-4H3. The van der Waals surface area contributed by atoms with Gasteiger partial charge in [-0.1, -0.05) is 19.0 Å². The number of hydrogen-bond acceptors (Lipinski definition) is 7. The van der Waals surface area contributed by atoms with Gasteiger partial charge in [-0.3, -0.25) is 4.79 Å². The molecule has 1 aromatic heterocycles. The molecule has 2 rings (SSSR count). The largest absolute Gasteiger partial charge is 0.461 e. The van der Waals surface area contributed by atoms with Crippen molar-refractivity contribution in [3.05, 3.63) is 17.0 Å². The van der Waals surface area contributed by atoms with Crippen LogP contribution in [0.1, 0.15) is 54.3 Å². The molecule has 0 bridgehead atoms. The highest BCUT2D eigenvalue weighted by molar-refractivity contribution is 5.91. The number of nitrogens with zero attached hydrogens (tertiary/aromatic N) is 1. The first-order valence-corrected chi connectivity index (χ1v) is 6.73. The average Bonchev–Trinajstić information content (AvgIpc) is 2.87. The van der Waals surface area contributed by atoms with E-state index < -0.39 is 11.8 Å². The van der Waals surface area contributed by atoms with Gasteiger partial charge in [0.25, 0.3) is 0 Å². The lowest BCUT2D eigenvalue weighted by Crippen LogP contribution is -2.44. The van der Waals surface area contributed by atoms with Crippen molar-refractivity contribution in [2.75, 3.05) is 19.8 Å². The lowest BCUT2D eigenvalue weighted by atomic mass is 9.93. The monoisotopic (exact) mass is 297 g/mol. The van der Waals surface area contributed by atoms with E-state index in [2.05, 4.69) is 5.16 Å². The highest BCUT2D eigenvalue weighted by atomic mass is 16.7. The van der Waals surface area contributed by atoms with Crippen molar-refractivity contribution in [1.82, 2.24) is 5.16 Å². The van der Waals surface area contributed by atoms with Gasteiger partial charge in [0.1, 0.15) is 0 Å². The summed E-state index contributed by atoms with van der Waals surface area (Å²) in [7, 11) is 0. The second-order valence-corrected chi connectivity index (χ2v) is 5.80. The van der Waals surface area contributed by atoms with E-state index >= 15 is 0 Å². The highest BCUT2D eigenvalue weighted by Gasteiger charge is 2.45. The maximum atomic E-state index is 11.9. The van der Waals surface area contributed by atoms with Gasteiger partial charge in [-0.15, -0.1) is 0 Å². The fourth-order valence-electron chi connectivity index (χ4n) is 2.05. The molecule has 1 aliphatic heterocycles. The van der Waals surface area contributed by atoms with Gasteiger partial charge in [0, 0.05) is 5.41 Å². The van der Waals surface area contributed by atoms with Gasteiger partial charge < -0.3 is 18.7 Å². The number of esters is 1. The SMILES string of the molecule is CCOC(=O)c1noc(C=O)c1C1(C)OCC(C)(C)CO1. The van der Waals surface area contributed by atoms with Gasteiger partial charge in [0.2, 0.25) is 11.5 Å². The van der Waals surface area contributed by atoms with Crippen LogP contribution in [0.3, 0.4) is 0 Å². The number of hydrogen-bond donors (Lipinski definition) is 0. The zero-order valence-corrected chi connectivity index (χ0v) is 12.6. The zero-order valence-electron chi connectivity index (χ0n) is 12.6. The maximum absolute atomic E-state index is 11.9. The van der Waals surface area contributed by atoms with Crippen LogP contribution in [0.2, 0.25) is 0 Å². The van der Waals surface area contributed by atoms with Crippen LogP contribution >= 0.6 is 0 Å². The summed E-state index contributed by atoms with van der Waals surface area (Å²) in [5.41, 5.74) is -0.0742. The molecule has 0 atom stereocenters. The molecule has 1 saturated heterocycles. The van der Waals surface area contributed by atoms with Crippen molar-refractivity contribution in [3.63, 3.8) is 0 Å². The van der Waals surface area contributed by atoms with E-state index in [0.29, 0.717) is 19.5 Å². The number of carbonyl (C=O) groups is 2. The molecule has 21 heavy (non-hydrogen) atoms. The Labute approximate surface area is 122 Å². The Kier molecular flexibility index (Phi) is 4.15. The molecule has 0 N–H and O–H groups in total. The summed E-state index contributed by atoms with van der Waals surface area (Å²) in [6.45, 7) is 8.30. The van der Waals surface area contributed by atoms with Crippen LogP contribution in [-0.2, 0) is 20.0 Å². The lowest BCUT2D eigenvalue weighted by molar-refractivity contribution is -0.298. The third-order valence-electron chi connectivity index (χ3n) is 3.23. The van der Waals surface area contributed by atoms with Gasteiger partial charge in [0.15, 0.2) is 12.1 Å². The quantitative estimate of drug-likeness (QED) is 0.619. The Bertz CT molecular complexity index is 538. The number of rotatable bonds is 4. The minimum Gasteiger partial charge on any atom is -0.461 e. The summed E-state index contributed by atoms with van der Waals surface area (Å²) >= 11 is 0. The zero-order chi connectivity index (χ0) is 15.7. The van der Waals surface area contributed by atoms with E-state index in [9.17, 15) is 9.59 Å². The van der Waals surface area contributed by atoms with Gasteiger partial charge >= 0.3 is 5.97 Å². The molecule has 1 fully saturated rings. The fraction of sp³-hybridized carbons (Fsp3) is 0.643. The molecule has 2 heterocycles. The van der Waals surface area contributed by atoms with Crippen molar-refractivity contribution in [2.45, 2.75) is 33.5 Å². The van der Waals surface area contributed by atoms with Crippen LogP contribution in [0, 0.1) is 5.41 Å². The number of aldehydes is 1. The molecule has 7 heteroatoms. The molecule has 0 aromatic carbocycles. The molecule has 116 valence electrons. The summed E-state index contributed by atoms with van der Waals surface area (Å²) < 4.78 is 21.3. The predicted octanol–water partition coefficient (Wildman–Crippen LogP) is 1.91. The van der Waals surface area contributed by atoms with Crippen molar-refractivity contribution in [3.8, 4) is 0 Å².